The van der Waals surface area contributed by atoms with Crippen LogP contribution in [-0.4, -0.2) is 26.3 Å². The molecule has 0 saturated carbocycles. The highest BCUT2D eigenvalue weighted by atomic mass is 16.5. The molecule has 0 aliphatic heterocycles. The Hall–Kier alpha value is -1.64. The summed E-state index contributed by atoms with van der Waals surface area (Å²) in [6.45, 7) is 5.63. The van der Waals surface area contributed by atoms with Gasteiger partial charge in [0.25, 0.3) is 0 Å². The van der Waals surface area contributed by atoms with Gasteiger partial charge in [-0.2, -0.15) is 0 Å². The van der Waals surface area contributed by atoms with Gasteiger partial charge in [0.15, 0.2) is 0 Å². The van der Waals surface area contributed by atoms with Crippen LogP contribution in [0.15, 0.2) is 60.7 Å². The van der Waals surface area contributed by atoms with Gasteiger partial charge in [0.2, 0.25) is 0 Å². The van der Waals surface area contributed by atoms with Crippen LogP contribution in [0.25, 0.3) is 0 Å². The SMILES string of the molecule is CCOCCCNCC(c1ccccc1)c1ccccc1. The fourth-order valence-corrected chi connectivity index (χ4v) is 2.49. The van der Waals surface area contributed by atoms with E-state index in [2.05, 4.69) is 66.0 Å². The van der Waals surface area contributed by atoms with Crippen molar-refractivity contribution in [3.05, 3.63) is 71.8 Å². The third kappa shape index (κ3) is 5.33. The average molecular weight is 283 g/mol. The van der Waals surface area contributed by atoms with Crippen LogP contribution in [0.4, 0.5) is 0 Å². The number of hydrogen-bond donors (Lipinski definition) is 1. The molecule has 2 aromatic carbocycles. The van der Waals surface area contributed by atoms with Crippen LogP contribution in [0.5, 0.6) is 0 Å². The van der Waals surface area contributed by atoms with Gasteiger partial charge >= 0.3 is 0 Å². The Bertz CT molecular complexity index is 444. The molecule has 0 aliphatic rings. The predicted octanol–water partition coefficient (Wildman–Crippen LogP) is 3.83. The van der Waals surface area contributed by atoms with E-state index < -0.39 is 0 Å². The van der Waals surface area contributed by atoms with Crippen LogP contribution in [0.1, 0.15) is 30.4 Å². The highest BCUT2D eigenvalue weighted by Gasteiger charge is 2.12. The van der Waals surface area contributed by atoms with Crippen molar-refractivity contribution in [3.63, 3.8) is 0 Å². The van der Waals surface area contributed by atoms with E-state index >= 15 is 0 Å². The summed E-state index contributed by atoms with van der Waals surface area (Å²) in [5, 5.41) is 3.56. The van der Waals surface area contributed by atoms with Gasteiger partial charge < -0.3 is 10.1 Å². The zero-order valence-corrected chi connectivity index (χ0v) is 12.8. The van der Waals surface area contributed by atoms with Crippen molar-refractivity contribution in [1.29, 1.82) is 0 Å². The fraction of sp³-hybridized carbons (Fsp3) is 0.368. The van der Waals surface area contributed by atoms with Gasteiger partial charge in [-0.25, -0.2) is 0 Å². The molecule has 0 spiro atoms. The van der Waals surface area contributed by atoms with E-state index in [-0.39, 0.29) is 0 Å². The second-order valence-electron chi connectivity index (χ2n) is 5.13. The summed E-state index contributed by atoms with van der Waals surface area (Å²) in [4.78, 5) is 0. The minimum Gasteiger partial charge on any atom is -0.382 e. The number of hydrogen-bond acceptors (Lipinski definition) is 2. The molecular weight excluding hydrogens is 258 g/mol. The Morgan fingerprint density at radius 3 is 2.00 bits per heavy atom. The van der Waals surface area contributed by atoms with E-state index in [0.29, 0.717) is 5.92 Å². The molecule has 0 aromatic heterocycles. The number of nitrogens with one attached hydrogen (secondary N) is 1. The molecule has 21 heavy (non-hydrogen) atoms. The summed E-state index contributed by atoms with van der Waals surface area (Å²) >= 11 is 0. The summed E-state index contributed by atoms with van der Waals surface area (Å²) in [6.07, 6.45) is 1.06. The summed E-state index contributed by atoms with van der Waals surface area (Å²) in [5.41, 5.74) is 2.72. The molecule has 0 unspecified atom stereocenters. The van der Waals surface area contributed by atoms with Crippen LogP contribution in [-0.2, 0) is 4.74 Å². The minimum atomic E-state index is 0.402. The van der Waals surface area contributed by atoms with Crippen molar-refractivity contribution >= 4 is 0 Å². The van der Waals surface area contributed by atoms with Gasteiger partial charge in [0.05, 0.1) is 0 Å². The zero-order valence-electron chi connectivity index (χ0n) is 12.8. The summed E-state index contributed by atoms with van der Waals surface area (Å²) in [7, 11) is 0. The minimum absolute atomic E-state index is 0.402. The molecular formula is C19H25NO. The van der Waals surface area contributed by atoms with Crippen molar-refractivity contribution in [2.45, 2.75) is 19.3 Å². The summed E-state index contributed by atoms with van der Waals surface area (Å²) in [5.74, 6) is 0.402. The Morgan fingerprint density at radius 1 is 0.905 bits per heavy atom. The molecule has 2 nitrogen and oxygen atoms in total. The van der Waals surface area contributed by atoms with Gasteiger partial charge in [-0.15, -0.1) is 0 Å². The van der Waals surface area contributed by atoms with Crippen molar-refractivity contribution in [1.82, 2.24) is 5.32 Å². The lowest BCUT2D eigenvalue weighted by molar-refractivity contribution is 0.145. The van der Waals surface area contributed by atoms with Crippen LogP contribution in [0, 0.1) is 0 Å². The first kappa shape index (κ1) is 15.7. The first-order valence-electron chi connectivity index (χ1n) is 7.80. The van der Waals surface area contributed by atoms with E-state index in [9.17, 15) is 0 Å². The van der Waals surface area contributed by atoms with Crippen molar-refractivity contribution in [3.8, 4) is 0 Å². The van der Waals surface area contributed by atoms with Crippen molar-refractivity contribution in [2.75, 3.05) is 26.3 Å². The molecule has 2 heteroatoms. The summed E-state index contributed by atoms with van der Waals surface area (Å²) in [6, 6.07) is 21.4. The van der Waals surface area contributed by atoms with E-state index in [1.165, 1.54) is 11.1 Å². The maximum Gasteiger partial charge on any atom is 0.0477 e. The Balaban J connectivity index is 1.94. The smallest absolute Gasteiger partial charge is 0.0477 e. The van der Waals surface area contributed by atoms with Gasteiger partial charge in [-0.05, 0) is 31.0 Å². The third-order valence-electron chi connectivity index (χ3n) is 3.60. The average Bonchev–Trinajstić information content (AvgIpc) is 2.56. The molecule has 0 fully saturated rings. The topological polar surface area (TPSA) is 21.3 Å². The van der Waals surface area contributed by atoms with E-state index in [1.54, 1.807) is 0 Å². The van der Waals surface area contributed by atoms with Crippen LogP contribution in [0.2, 0.25) is 0 Å². The van der Waals surface area contributed by atoms with E-state index in [4.69, 9.17) is 4.74 Å². The molecule has 2 aromatic rings. The monoisotopic (exact) mass is 283 g/mol. The second kappa shape index (κ2) is 9.32. The highest BCUT2D eigenvalue weighted by molar-refractivity contribution is 5.32. The molecule has 0 heterocycles. The van der Waals surface area contributed by atoms with Crippen molar-refractivity contribution in [2.24, 2.45) is 0 Å². The lowest BCUT2D eigenvalue weighted by atomic mass is 9.91. The highest BCUT2D eigenvalue weighted by Crippen LogP contribution is 2.23. The Kier molecular flexibility index (Phi) is 6.99. The van der Waals surface area contributed by atoms with Gasteiger partial charge in [0, 0.05) is 25.7 Å². The molecule has 0 saturated heterocycles. The van der Waals surface area contributed by atoms with E-state index in [1.807, 2.05) is 6.92 Å². The maximum absolute atomic E-state index is 5.37. The third-order valence-corrected chi connectivity index (χ3v) is 3.60. The van der Waals surface area contributed by atoms with Crippen LogP contribution < -0.4 is 5.32 Å². The predicted molar refractivity (Wildman–Crippen MR) is 88.7 cm³/mol. The first-order valence-corrected chi connectivity index (χ1v) is 7.80. The lowest BCUT2D eigenvalue weighted by Gasteiger charge is -2.19. The van der Waals surface area contributed by atoms with Crippen LogP contribution >= 0.6 is 0 Å². The Morgan fingerprint density at radius 2 is 1.48 bits per heavy atom. The molecule has 2 rings (SSSR count). The largest absolute Gasteiger partial charge is 0.382 e. The Labute approximate surface area is 128 Å². The number of ether oxygens (including phenoxy) is 1. The molecule has 0 radical (unpaired) electrons. The molecule has 0 amide bonds. The maximum atomic E-state index is 5.37. The molecule has 1 N–H and O–H groups in total. The summed E-state index contributed by atoms with van der Waals surface area (Å²) < 4.78 is 5.37. The molecule has 0 aliphatic carbocycles. The zero-order chi connectivity index (χ0) is 14.8. The van der Waals surface area contributed by atoms with Crippen LogP contribution in [0.3, 0.4) is 0 Å². The van der Waals surface area contributed by atoms with Gasteiger partial charge in [-0.1, -0.05) is 60.7 Å². The van der Waals surface area contributed by atoms with Gasteiger partial charge in [0.1, 0.15) is 0 Å². The normalized spacial score (nSPS) is 11.0. The van der Waals surface area contributed by atoms with Crippen molar-refractivity contribution < 1.29 is 4.74 Å². The standard InChI is InChI=1S/C19H25NO/c1-2-21-15-9-14-20-16-19(17-10-5-3-6-11-17)18-12-7-4-8-13-18/h3-8,10-13,19-20H,2,9,14-16H2,1H3. The number of benzene rings is 2. The van der Waals surface area contributed by atoms with Gasteiger partial charge in [-0.3, -0.25) is 0 Å². The first-order chi connectivity index (χ1) is 10.4. The molecule has 0 bridgehead atoms. The fourth-order valence-electron chi connectivity index (χ4n) is 2.49. The number of rotatable bonds is 9. The second-order valence-corrected chi connectivity index (χ2v) is 5.13. The lowest BCUT2D eigenvalue weighted by Crippen LogP contribution is -2.24. The molecule has 0 atom stereocenters. The quantitative estimate of drug-likeness (QED) is 0.706. The molecule has 112 valence electrons. The van der Waals surface area contributed by atoms with E-state index in [0.717, 1.165) is 32.7 Å².